The summed E-state index contributed by atoms with van der Waals surface area (Å²) in [4.78, 5) is 0. The zero-order chi connectivity index (χ0) is 13.2. The number of hydrogen-bond donors (Lipinski definition) is 1. The SMILES string of the molecule is CCCOc1cc2c(cc1O)-c1ccccc1CC2. The highest BCUT2D eigenvalue weighted by molar-refractivity contribution is 5.75. The van der Waals surface area contributed by atoms with Crippen LogP contribution in [-0.2, 0) is 12.8 Å². The Bertz CT molecular complexity index is 602. The summed E-state index contributed by atoms with van der Waals surface area (Å²) in [6.07, 6.45) is 3.01. The molecule has 1 N–H and O–H groups in total. The highest BCUT2D eigenvalue weighted by atomic mass is 16.5. The minimum Gasteiger partial charge on any atom is -0.504 e. The van der Waals surface area contributed by atoms with E-state index in [4.69, 9.17) is 4.74 Å². The molecule has 0 aliphatic heterocycles. The number of benzene rings is 2. The van der Waals surface area contributed by atoms with Gasteiger partial charge in [-0.1, -0.05) is 31.2 Å². The first-order valence-electron chi connectivity index (χ1n) is 6.86. The predicted octanol–water partition coefficient (Wildman–Crippen LogP) is 3.95. The van der Waals surface area contributed by atoms with Crippen LogP contribution in [0.25, 0.3) is 11.1 Å². The molecule has 0 spiro atoms. The van der Waals surface area contributed by atoms with Gasteiger partial charge in [-0.2, -0.15) is 0 Å². The third kappa shape index (κ3) is 2.19. The van der Waals surface area contributed by atoms with Crippen molar-refractivity contribution in [1.29, 1.82) is 0 Å². The first-order valence-corrected chi connectivity index (χ1v) is 6.86. The molecule has 2 aromatic rings. The van der Waals surface area contributed by atoms with E-state index in [1.165, 1.54) is 16.7 Å². The Labute approximate surface area is 113 Å². The van der Waals surface area contributed by atoms with E-state index in [0.29, 0.717) is 12.4 Å². The lowest BCUT2D eigenvalue weighted by Gasteiger charge is -2.21. The van der Waals surface area contributed by atoms with Crippen molar-refractivity contribution in [3.8, 4) is 22.6 Å². The maximum Gasteiger partial charge on any atom is 0.161 e. The van der Waals surface area contributed by atoms with Gasteiger partial charge in [0.1, 0.15) is 0 Å². The third-order valence-corrected chi connectivity index (χ3v) is 3.62. The molecule has 19 heavy (non-hydrogen) atoms. The van der Waals surface area contributed by atoms with Crippen LogP contribution in [0.4, 0.5) is 0 Å². The highest BCUT2D eigenvalue weighted by Crippen LogP contribution is 2.39. The summed E-state index contributed by atoms with van der Waals surface area (Å²) >= 11 is 0. The molecular formula is C17H18O2. The van der Waals surface area contributed by atoms with E-state index < -0.39 is 0 Å². The number of phenolic OH excluding ortho intramolecular Hbond substituents is 1. The normalized spacial score (nSPS) is 12.7. The Hall–Kier alpha value is -1.96. The van der Waals surface area contributed by atoms with E-state index in [-0.39, 0.29) is 5.75 Å². The number of rotatable bonds is 3. The molecule has 0 aromatic heterocycles. The fourth-order valence-electron chi connectivity index (χ4n) is 2.67. The second-order valence-electron chi connectivity index (χ2n) is 4.98. The van der Waals surface area contributed by atoms with Gasteiger partial charge >= 0.3 is 0 Å². The molecule has 0 heterocycles. The fraction of sp³-hybridized carbons (Fsp3) is 0.294. The lowest BCUT2D eigenvalue weighted by atomic mass is 9.85. The highest BCUT2D eigenvalue weighted by Gasteiger charge is 2.18. The van der Waals surface area contributed by atoms with Gasteiger partial charge < -0.3 is 9.84 Å². The number of fused-ring (bicyclic) bond motifs is 3. The van der Waals surface area contributed by atoms with Crippen LogP contribution >= 0.6 is 0 Å². The molecule has 0 bridgehead atoms. The van der Waals surface area contributed by atoms with Crippen molar-refractivity contribution in [2.75, 3.05) is 6.61 Å². The van der Waals surface area contributed by atoms with Crippen molar-refractivity contribution in [2.45, 2.75) is 26.2 Å². The Morgan fingerprint density at radius 2 is 1.84 bits per heavy atom. The van der Waals surface area contributed by atoms with Crippen LogP contribution in [-0.4, -0.2) is 11.7 Å². The average Bonchev–Trinajstić information content (AvgIpc) is 2.45. The van der Waals surface area contributed by atoms with Crippen molar-refractivity contribution in [3.63, 3.8) is 0 Å². The van der Waals surface area contributed by atoms with E-state index in [2.05, 4.69) is 25.1 Å². The molecule has 0 saturated carbocycles. The molecule has 0 amide bonds. The van der Waals surface area contributed by atoms with Gasteiger partial charge in [-0.3, -0.25) is 0 Å². The molecule has 98 valence electrons. The van der Waals surface area contributed by atoms with E-state index in [1.807, 2.05) is 18.2 Å². The Morgan fingerprint density at radius 1 is 1.05 bits per heavy atom. The molecule has 2 nitrogen and oxygen atoms in total. The summed E-state index contributed by atoms with van der Waals surface area (Å²) in [6.45, 7) is 2.70. The number of phenols is 1. The standard InChI is InChI=1S/C17H18O2/c1-2-9-19-17-10-13-8-7-12-5-3-4-6-14(12)15(13)11-16(17)18/h3-6,10-11,18H,2,7-9H2,1H3. The summed E-state index contributed by atoms with van der Waals surface area (Å²) in [6, 6.07) is 12.2. The smallest absolute Gasteiger partial charge is 0.161 e. The van der Waals surface area contributed by atoms with Crippen molar-refractivity contribution < 1.29 is 9.84 Å². The third-order valence-electron chi connectivity index (χ3n) is 3.62. The lowest BCUT2D eigenvalue weighted by molar-refractivity contribution is 0.299. The molecule has 0 saturated heterocycles. The summed E-state index contributed by atoms with van der Waals surface area (Å²) in [5, 5.41) is 10.1. The van der Waals surface area contributed by atoms with Gasteiger partial charge in [-0.25, -0.2) is 0 Å². The summed E-state index contributed by atoms with van der Waals surface area (Å²) in [5.74, 6) is 0.851. The van der Waals surface area contributed by atoms with Gasteiger partial charge in [0.05, 0.1) is 6.61 Å². The van der Waals surface area contributed by atoms with Crippen LogP contribution in [0.5, 0.6) is 11.5 Å². The molecule has 1 aliphatic carbocycles. The van der Waals surface area contributed by atoms with Gasteiger partial charge in [0.2, 0.25) is 0 Å². The van der Waals surface area contributed by atoms with Gasteiger partial charge in [0.25, 0.3) is 0 Å². The van der Waals surface area contributed by atoms with E-state index in [0.717, 1.165) is 24.8 Å². The Balaban J connectivity index is 2.05. The first-order chi connectivity index (χ1) is 9.29. The van der Waals surface area contributed by atoms with Crippen molar-refractivity contribution in [2.24, 2.45) is 0 Å². The summed E-state index contributed by atoms with van der Waals surface area (Å²) in [5.41, 5.74) is 5.00. The largest absolute Gasteiger partial charge is 0.504 e. The molecule has 2 aromatic carbocycles. The molecule has 2 heteroatoms. The first kappa shape index (κ1) is 12.1. The van der Waals surface area contributed by atoms with Crippen molar-refractivity contribution in [1.82, 2.24) is 0 Å². The van der Waals surface area contributed by atoms with Crippen LogP contribution in [0.1, 0.15) is 24.5 Å². The monoisotopic (exact) mass is 254 g/mol. The van der Waals surface area contributed by atoms with Crippen molar-refractivity contribution >= 4 is 0 Å². The van der Waals surface area contributed by atoms with Crippen LogP contribution in [0.3, 0.4) is 0 Å². The van der Waals surface area contributed by atoms with Gasteiger partial charge in [0, 0.05) is 0 Å². The van der Waals surface area contributed by atoms with E-state index in [1.54, 1.807) is 0 Å². The maximum absolute atomic E-state index is 10.1. The lowest BCUT2D eigenvalue weighted by Crippen LogP contribution is -2.05. The zero-order valence-corrected chi connectivity index (χ0v) is 11.1. The maximum atomic E-state index is 10.1. The van der Waals surface area contributed by atoms with Crippen molar-refractivity contribution in [3.05, 3.63) is 47.5 Å². The molecule has 0 fully saturated rings. The fourth-order valence-corrected chi connectivity index (χ4v) is 2.67. The molecule has 1 aliphatic rings. The molecule has 0 radical (unpaired) electrons. The second kappa shape index (κ2) is 4.96. The number of aryl methyl sites for hydroxylation is 2. The average molecular weight is 254 g/mol. The molecule has 3 rings (SSSR count). The number of aromatic hydroxyl groups is 1. The number of hydrogen-bond acceptors (Lipinski definition) is 2. The zero-order valence-electron chi connectivity index (χ0n) is 11.1. The van der Waals surface area contributed by atoms with Gasteiger partial charge in [-0.05, 0) is 53.6 Å². The van der Waals surface area contributed by atoms with Crippen LogP contribution in [0, 0.1) is 0 Å². The second-order valence-corrected chi connectivity index (χ2v) is 4.98. The predicted molar refractivity (Wildman–Crippen MR) is 76.7 cm³/mol. The van der Waals surface area contributed by atoms with Gasteiger partial charge in [-0.15, -0.1) is 0 Å². The summed E-state index contributed by atoms with van der Waals surface area (Å²) in [7, 11) is 0. The van der Waals surface area contributed by atoms with E-state index >= 15 is 0 Å². The Morgan fingerprint density at radius 3 is 2.68 bits per heavy atom. The van der Waals surface area contributed by atoms with Crippen LogP contribution < -0.4 is 4.74 Å². The summed E-state index contributed by atoms with van der Waals surface area (Å²) < 4.78 is 5.59. The quantitative estimate of drug-likeness (QED) is 0.898. The van der Waals surface area contributed by atoms with Crippen LogP contribution in [0.15, 0.2) is 36.4 Å². The van der Waals surface area contributed by atoms with E-state index in [9.17, 15) is 5.11 Å². The minimum absolute atomic E-state index is 0.240. The molecule has 0 atom stereocenters. The topological polar surface area (TPSA) is 29.5 Å². The Kier molecular flexibility index (Phi) is 3.16. The van der Waals surface area contributed by atoms with Gasteiger partial charge in [0.15, 0.2) is 11.5 Å². The number of ether oxygens (including phenoxy) is 1. The molecule has 0 unspecified atom stereocenters. The molecular weight excluding hydrogens is 236 g/mol. The minimum atomic E-state index is 0.240. The van der Waals surface area contributed by atoms with Crippen LogP contribution in [0.2, 0.25) is 0 Å².